The van der Waals surface area contributed by atoms with E-state index >= 15 is 0 Å². The van der Waals surface area contributed by atoms with Gasteiger partial charge in [0.25, 0.3) is 0 Å². The molecule has 0 N–H and O–H groups in total. The van der Waals surface area contributed by atoms with Gasteiger partial charge in [-0.1, -0.05) is 0 Å². The molecule has 0 radical (unpaired) electrons. The second kappa shape index (κ2) is 3.77. The van der Waals surface area contributed by atoms with E-state index < -0.39 is 0 Å². The molecule has 0 saturated heterocycles. The molecule has 0 aliphatic carbocycles. The van der Waals surface area contributed by atoms with Gasteiger partial charge in [0.1, 0.15) is 0 Å². The fourth-order valence-corrected chi connectivity index (χ4v) is 1.65. The summed E-state index contributed by atoms with van der Waals surface area (Å²) in [6.07, 6.45) is 0.346. The minimum absolute atomic E-state index is 0.243. The van der Waals surface area contributed by atoms with E-state index in [1.807, 2.05) is 12.1 Å². The molecular weight excluding hydrogens is 202 g/mol. The zero-order chi connectivity index (χ0) is 9.97. The SMILES string of the molecule is N#CCc1cc2c(cc1CCl)OCO2. The second-order valence-electron chi connectivity index (χ2n) is 2.94. The van der Waals surface area contributed by atoms with Gasteiger partial charge in [0, 0.05) is 5.88 Å². The molecule has 0 unspecified atom stereocenters. The predicted octanol–water partition coefficient (Wildman–Crippen LogP) is 2.22. The van der Waals surface area contributed by atoms with Crippen molar-refractivity contribution in [2.75, 3.05) is 6.79 Å². The standard InChI is InChI=1S/C10H8ClNO2/c11-5-8-4-10-9(13-6-14-10)3-7(8)1-2-12/h3-4H,1,5-6H2. The van der Waals surface area contributed by atoms with E-state index in [2.05, 4.69) is 6.07 Å². The van der Waals surface area contributed by atoms with Gasteiger partial charge >= 0.3 is 0 Å². The van der Waals surface area contributed by atoms with Crippen LogP contribution in [-0.2, 0) is 12.3 Å². The van der Waals surface area contributed by atoms with Crippen LogP contribution in [0.1, 0.15) is 11.1 Å². The van der Waals surface area contributed by atoms with Gasteiger partial charge in [-0.05, 0) is 23.3 Å². The summed E-state index contributed by atoms with van der Waals surface area (Å²) in [6, 6.07) is 5.75. The summed E-state index contributed by atoms with van der Waals surface area (Å²) in [7, 11) is 0. The van der Waals surface area contributed by atoms with Gasteiger partial charge in [-0.3, -0.25) is 0 Å². The quantitative estimate of drug-likeness (QED) is 0.702. The molecule has 2 rings (SSSR count). The zero-order valence-corrected chi connectivity index (χ0v) is 8.17. The monoisotopic (exact) mass is 209 g/mol. The summed E-state index contributed by atoms with van der Waals surface area (Å²) in [5.41, 5.74) is 1.84. The molecule has 0 aromatic heterocycles. The number of hydrogen-bond acceptors (Lipinski definition) is 3. The van der Waals surface area contributed by atoms with Gasteiger partial charge in [0.2, 0.25) is 6.79 Å². The van der Waals surface area contributed by atoms with Crippen LogP contribution >= 0.6 is 11.6 Å². The molecule has 1 aromatic rings. The Labute approximate surface area is 86.8 Å². The number of fused-ring (bicyclic) bond motifs is 1. The number of hydrogen-bond donors (Lipinski definition) is 0. The topological polar surface area (TPSA) is 42.2 Å². The molecule has 4 heteroatoms. The molecule has 0 bridgehead atoms. The fraction of sp³-hybridized carbons (Fsp3) is 0.300. The van der Waals surface area contributed by atoms with Crippen molar-refractivity contribution in [2.45, 2.75) is 12.3 Å². The van der Waals surface area contributed by atoms with Gasteiger partial charge in [0.15, 0.2) is 11.5 Å². The maximum Gasteiger partial charge on any atom is 0.231 e. The molecule has 0 atom stereocenters. The first-order valence-corrected chi connectivity index (χ1v) is 4.73. The van der Waals surface area contributed by atoms with Crippen LogP contribution in [0.15, 0.2) is 12.1 Å². The van der Waals surface area contributed by atoms with Gasteiger partial charge in [-0.25, -0.2) is 0 Å². The Morgan fingerprint density at radius 1 is 1.29 bits per heavy atom. The highest BCUT2D eigenvalue weighted by molar-refractivity contribution is 6.17. The van der Waals surface area contributed by atoms with Crippen molar-refractivity contribution >= 4 is 11.6 Å². The third kappa shape index (κ3) is 1.49. The van der Waals surface area contributed by atoms with E-state index in [1.165, 1.54) is 0 Å². The molecule has 0 spiro atoms. The highest BCUT2D eigenvalue weighted by atomic mass is 35.5. The van der Waals surface area contributed by atoms with Crippen LogP contribution in [0, 0.1) is 11.3 Å². The minimum atomic E-state index is 0.243. The molecule has 3 nitrogen and oxygen atoms in total. The number of alkyl halides is 1. The van der Waals surface area contributed by atoms with Crippen molar-refractivity contribution in [2.24, 2.45) is 0 Å². The number of rotatable bonds is 2. The molecular formula is C10H8ClNO2. The minimum Gasteiger partial charge on any atom is -0.454 e. The van der Waals surface area contributed by atoms with Crippen LogP contribution in [-0.4, -0.2) is 6.79 Å². The maximum atomic E-state index is 8.62. The first-order valence-electron chi connectivity index (χ1n) is 4.19. The summed E-state index contributed by atoms with van der Waals surface area (Å²) in [5.74, 6) is 1.79. The molecule has 1 aliphatic heterocycles. The maximum absolute atomic E-state index is 8.62. The smallest absolute Gasteiger partial charge is 0.231 e. The van der Waals surface area contributed by atoms with Crippen LogP contribution in [0.2, 0.25) is 0 Å². The Morgan fingerprint density at radius 3 is 2.50 bits per heavy atom. The molecule has 1 aliphatic rings. The van der Waals surface area contributed by atoms with Crippen molar-refractivity contribution in [1.29, 1.82) is 5.26 Å². The van der Waals surface area contributed by atoms with Crippen LogP contribution in [0.5, 0.6) is 11.5 Å². The highest BCUT2D eigenvalue weighted by Crippen LogP contribution is 2.35. The van der Waals surface area contributed by atoms with Gasteiger partial charge in [-0.15, -0.1) is 11.6 Å². The first-order chi connectivity index (χ1) is 6.85. The predicted molar refractivity (Wildman–Crippen MR) is 51.4 cm³/mol. The van der Waals surface area contributed by atoms with Crippen LogP contribution < -0.4 is 9.47 Å². The summed E-state index contributed by atoms with van der Waals surface area (Å²) in [4.78, 5) is 0. The first kappa shape index (κ1) is 9.17. The van der Waals surface area contributed by atoms with E-state index in [0.717, 1.165) is 11.1 Å². The lowest BCUT2D eigenvalue weighted by atomic mass is 10.1. The summed E-state index contributed by atoms with van der Waals surface area (Å²) >= 11 is 5.76. The average Bonchev–Trinajstić information content (AvgIpc) is 2.64. The zero-order valence-electron chi connectivity index (χ0n) is 7.42. The molecule has 0 saturated carbocycles. The van der Waals surface area contributed by atoms with Crippen molar-refractivity contribution < 1.29 is 9.47 Å². The molecule has 1 heterocycles. The highest BCUT2D eigenvalue weighted by Gasteiger charge is 2.16. The van der Waals surface area contributed by atoms with Crippen LogP contribution in [0.3, 0.4) is 0 Å². The lowest BCUT2D eigenvalue weighted by Crippen LogP contribution is -1.92. The number of halogens is 1. The molecule has 72 valence electrons. The van der Waals surface area contributed by atoms with E-state index in [4.69, 9.17) is 26.3 Å². The number of benzene rings is 1. The summed E-state index contributed by atoms with van der Waals surface area (Å²) in [6.45, 7) is 0.243. The van der Waals surface area contributed by atoms with E-state index in [9.17, 15) is 0 Å². The van der Waals surface area contributed by atoms with E-state index in [1.54, 1.807) is 0 Å². The third-order valence-electron chi connectivity index (χ3n) is 2.11. The Hall–Kier alpha value is -1.40. The van der Waals surface area contributed by atoms with Crippen molar-refractivity contribution in [3.63, 3.8) is 0 Å². The normalized spacial score (nSPS) is 12.6. The molecule has 0 amide bonds. The van der Waals surface area contributed by atoms with E-state index in [-0.39, 0.29) is 6.79 Å². The number of nitriles is 1. The van der Waals surface area contributed by atoms with Crippen molar-refractivity contribution in [3.05, 3.63) is 23.3 Å². The van der Waals surface area contributed by atoms with Crippen molar-refractivity contribution in [1.82, 2.24) is 0 Å². The third-order valence-corrected chi connectivity index (χ3v) is 2.40. The Balaban J connectivity index is 2.44. The Bertz CT molecular complexity index is 398. The molecule has 0 fully saturated rings. The molecule has 1 aromatic carbocycles. The average molecular weight is 210 g/mol. The van der Waals surface area contributed by atoms with Gasteiger partial charge in [-0.2, -0.15) is 5.26 Å². The van der Waals surface area contributed by atoms with Crippen molar-refractivity contribution in [3.8, 4) is 17.6 Å². The van der Waals surface area contributed by atoms with Gasteiger partial charge in [0.05, 0.1) is 12.5 Å². The lowest BCUT2D eigenvalue weighted by Gasteiger charge is -2.04. The van der Waals surface area contributed by atoms with E-state index in [0.29, 0.717) is 23.8 Å². The van der Waals surface area contributed by atoms with Gasteiger partial charge < -0.3 is 9.47 Å². The number of ether oxygens (including phenoxy) is 2. The Kier molecular flexibility index (Phi) is 2.47. The Morgan fingerprint density at radius 2 is 1.93 bits per heavy atom. The van der Waals surface area contributed by atoms with Crippen LogP contribution in [0.4, 0.5) is 0 Å². The lowest BCUT2D eigenvalue weighted by molar-refractivity contribution is 0.174. The largest absolute Gasteiger partial charge is 0.454 e. The second-order valence-corrected chi connectivity index (χ2v) is 3.21. The fourth-order valence-electron chi connectivity index (χ4n) is 1.40. The summed E-state index contributed by atoms with van der Waals surface area (Å²) < 4.78 is 10.4. The summed E-state index contributed by atoms with van der Waals surface area (Å²) in [5, 5.41) is 8.62. The number of nitrogens with zero attached hydrogens (tertiary/aromatic N) is 1. The van der Waals surface area contributed by atoms with Crippen LogP contribution in [0.25, 0.3) is 0 Å². The molecule has 14 heavy (non-hydrogen) atoms.